The normalized spacial score (nSPS) is 22.3. The molecule has 0 N–H and O–H groups in total. The molecule has 33 heavy (non-hydrogen) atoms. The van der Waals surface area contributed by atoms with Crippen molar-refractivity contribution >= 4 is 17.4 Å². The van der Waals surface area contributed by atoms with Crippen LogP contribution in [0.1, 0.15) is 16.7 Å². The molecule has 3 aromatic rings. The Kier molecular flexibility index (Phi) is 9.09. The van der Waals surface area contributed by atoms with Gasteiger partial charge in [-0.05, 0) is 16.7 Å². The Morgan fingerprint density at radius 2 is 1.18 bits per heavy atom. The van der Waals surface area contributed by atoms with Crippen LogP contribution in [0.15, 0.2) is 91.0 Å². The summed E-state index contributed by atoms with van der Waals surface area (Å²) < 4.78 is 24.8. The molecule has 0 saturated carbocycles. The fraction of sp³-hybridized carbons (Fsp3) is 0.296. The molecule has 3 aromatic carbocycles. The summed E-state index contributed by atoms with van der Waals surface area (Å²) in [6.07, 6.45) is -1.13. The van der Waals surface area contributed by atoms with Crippen molar-refractivity contribution in [1.29, 1.82) is 0 Å². The minimum atomic E-state index is -0.461. The van der Waals surface area contributed by atoms with Gasteiger partial charge in [-0.2, -0.15) is 0 Å². The Labute approximate surface area is 199 Å². The summed E-state index contributed by atoms with van der Waals surface area (Å²) in [5.74, 6) is 0. The van der Waals surface area contributed by atoms with Crippen molar-refractivity contribution in [2.75, 3.05) is 6.61 Å². The van der Waals surface area contributed by atoms with E-state index in [1.807, 2.05) is 91.0 Å². The summed E-state index contributed by atoms with van der Waals surface area (Å²) >= 11 is 1.08. The van der Waals surface area contributed by atoms with Crippen LogP contribution in [0.25, 0.3) is 0 Å². The van der Waals surface area contributed by atoms with Crippen LogP contribution >= 0.6 is 11.8 Å². The lowest BCUT2D eigenvalue weighted by Gasteiger charge is -2.24. The molecule has 1 heterocycles. The molecule has 0 bridgehead atoms. The van der Waals surface area contributed by atoms with E-state index in [-0.39, 0.29) is 12.2 Å². The van der Waals surface area contributed by atoms with Crippen LogP contribution in [0.2, 0.25) is 0 Å². The molecule has 0 radical (unpaired) electrons. The van der Waals surface area contributed by atoms with Gasteiger partial charge in [-0.1, -0.05) is 103 Å². The van der Waals surface area contributed by atoms with Crippen LogP contribution in [0, 0.1) is 0 Å². The maximum absolute atomic E-state index is 11.3. The molecule has 1 unspecified atom stereocenters. The monoisotopic (exact) mass is 464 g/mol. The molecule has 1 aliphatic heterocycles. The number of rotatable bonds is 12. The first-order valence-electron chi connectivity index (χ1n) is 11.0. The van der Waals surface area contributed by atoms with Gasteiger partial charge in [0.2, 0.25) is 0 Å². The SMILES string of the molecule is O=CSC1O[C@H](COCc2ccccc2)[C@@H](OCc2ccccc2)[C@H]1OCc1ccccc1. The molecule has 1 fully saturated rings. The van der Waals surface area contributed by atoms with Crippen molar-refractivity contribution in [3.63, 3.8) is 0 Å². The number of thioether (sulfide) groups is 1. The largest absolute Gasteiger partial charge is 0.374 e. The van der Waals surface area contributed by atoms with Crippen LogP contribution in [0.3, 0.4) is 0 Å². The van der Waals surface area contributed by atoms with Crippen molar-refractivity contribution < 1.29 is 23.7 Å². The molecule has 1 aliphatic rings. The second-order valence-electron chi connectivity index (χ2n) is 7.80. The first-order valence-corrected chi connectivity index (χ1v) is 11.9. The van der Waals surface area contributed by atoms with Gasteiger partial charge in [0.15, 0.2) is 5.62 Å². The third kappa shape index (κ3) is 7.00. The Morgan fingerprint density at radius 1 is 0.697 bits per heavy atom. The second-order valence-corrected chi connectivity index (χ2v) is 8.73. The third-order valence-corrected chi connectivity index (χ3v) is 6.18. The number of ether oxygens (including phenoxy) is 4. The molecule has 0 aliphatic carbocycles. The van der Waals surface area contributed by atoms with Gasteiger partial charge in [-0.15, -0.1) is 0 Å². The minimum Gasteiger partial charge on any atom is -0.374 e. The van der Waals surface area contributed by atoms with E-state index in [4.69, 9.17) is 18.9 Å². The molecular formula is C27H28O5S. The van der Waals surface area contributed by atoms with E-state index in [1.54, 1.807) is 0 Å². The van der Waals surface area contributed by atoms with Gasteiger partial charge in [0.05, 0.1) is 26.4 Å². The van der Waals surface area contributed by atoms with Crippen molar-refractivity contribution in [2.45, 2.75) is 43.6 Å². The zero-order valence-corrected chi connectivity index (χ0v) is 19.1. The maximum atomic E-state index is 11.3. The molecule has 4 rings (SSSR count). The van der Waals surface area contributed by atoms with Crippen LogP contribution < -0.4 is 0 Å². The smallest absolute Gasteiger partial charge is 0.178 e. The molecule has 5 nitrogen and oxygen atoms in total. The fourth-order valence-electron chi connectivity index (χ4n) is 3.77. The Morgan fingerprint density at radius 3 is 1.70 bits per heavy atom. The first-order chi connectivity index (χ1) is 16.3. The zero-order chi connectivity index (χ0) is 22.7. The average molecular weight is 465 g/mol. The molecule has 0 aromatic heterocycles. The predicted molar refractivity (Wildman–Crippen MR) is 129 cm³/mol. The van der Waals surface area contributed by atoms with Crippen LogP contribution in [0.4, 0.5) is 0 Å². The van der Waals surface area contributed by atoms with Gasteiger partial charge < -0.3 is 18.9 Å². The number of benzene rings is 3. The van der Waals surface area contributed by atoms with E-state index in [9.17, 15) is 4.79 Å². The van der Waals surface area contributed by atoms with Crippen LogP contribution in [-0.2, 0) is 43.6 Å². The lowest BCUT2D eigenvalue weighted by Crippen LogP contribution is -2.38. The summed E-state index contributed by atoms with van der Waals surface area (Å²) in [5.41, 5.74) is 3.54. The highest BCUT2D eigenvalue weighted by atomic mass is 32.2. The lowest BCUT2D eigenvalue weighted by molar-refractivity contribution is -0.0895. The molecule has 4 atom stereocenters. The maximum Gasteiger partial charge on any atom is 0.178 e. The molecule has 172 valence electrons. The van der Waals surface area contributed by atoms with Gasteiger partial charge in [0, 0.05) is 0 Å². The van der Waals surface area contributed by atoms with Gasteiger partial charge >= 0.3 is 0 Å². The van der Waals surface area contributed by atoms with E-state index >= 15 is 0 Å². The fourth-order valence-corrected chi connectivity index (χ4v) is 4.47. The highest BCUT2D eigenvalue weighted by molar-refractivity contribution is 8.12. The number of hydrogen-bond acceptors (Lipinski definition) is 6. The minimum absolute atomic E-state index is 0.343. The Balaban J connectivity index is 1.45. The van der Waals surface area contributed by atoms with E-state index < -0.39 is 11.5 Å². The number of carbonyl (C=O) groups is 1. The van der Waals surface area contributed by atoms with E-state index in [0.717, 1.165) is 34.1 Å². The molecule has 6 heteroatoms. The topological polar surface area (TPSA) is 54.0 Å². The average Bonchev–Trinajstić information content (AvgIpc) is 3.19. The van der Waals surface area contributed by atoms with Crippen molar-refractivity contribution in [2.24, 2.45) is 0 Å². The molecular weight excluding hydrogens is 436 g/mol. The van der Waals surface area contributed by atoms with Crippen molar-refractivity contribution in [3.8, 4) is 0 Å². The van der Waals surface area contributed by atoms with Gasteiger partial charge in [-0.3, -0.25) is 4.79 Å². The lowest BCUT2D eigenvalue weighted by atomic mass is 10.1. The van der Waals surface area contributed by atoms with Crippen LogP contribution in [-0.4, -0.2) is 36.0 Å². The highest BCUT2D eigenvalue weighted by Gasteiger charge is 2.46. The zero-order valence-electron chi connectivity index (χ0n) is 18.3. The summed E-state index contributed by atoms with van der Waals surface area (Å²) in [7, 11) is 0. The van der Waals surface area contributed by atoms with Gasteiger partial charge in [0.25, 0.3) is 0 Å². The number of hydrogen-bond donors (Lipinski definition) is 0. The van der Waals surface area contributed by atoms with E-state index in [2.05, 4.69) is 0 Å². The summed E-state index contributed by atoms with van der Waals surface area (Å²) in [5, 5.41) is 0. The Bertz CT molecular complexity index is 954. The van der Waals surface area contributed by atoms with Gasteiger partial charge in [-0.25, -0.2) is 0 Å². The Hall–Kier alpha value is -2.48. The molecule has 0 spiro atoms. The van der Waals surface area contributed by atoms with Crippen molar-refractivity contribution in [3.05, 3.63) is 108 Å². The molecule has 0 amide bonds. The highest BCUT2D eigenvalue weighted by Crippen LogP contribution is 2.34. The number of carbonyl (C=O) groups excluding carboxylic acids is 1. The molecule has 1 saturated heterocycles. The quantitative estimate of drug-likeness (QED) is 0.351. The second kappa shape index (κ2) is 12.7. The summed E-state index contributed by atoms with van der Waals surface area (Å²) in [4.78, 5) is 11.3. The predicted octanol–water partition coefficient (Wildman–Crippen LogP) is 5.02. The van der Waals surface area contributed by atoms with E-state index in [0.29, 0.717) is 26.4 Å². The first kappa shape index (κ1) is 23.7. The standard InChI is InChI=1S/C27H28O5S/c28-20-33-27-26(31-18-23-14-8-3-9-15-23)25(30-17-22-12-6-2-7-13-22)24(32-27)19-29-16-21-10-4-1-5-11-21/h1-15,20,24-27H,16-19H2/t24-,25-,26-,27?/m1/s1. The summed E-state index contributed by atoms with van der Waals surface area (Å²) in [6, 6.07) is 29.9. The van der Waals surface area contributed by atoms with Gasteiger partial charge in [0.1, 0.15) is 23.7 Å². The van der Waals surface area contributed by atoms with Crippen molar-refractivity contribution in [1.82, 2.24) is 0 Å². The third-order valence-electron chi connectivity index (χ3n) is 5.42. The van der Waals surface area contributed by atoms with E-state index in [1.165, 1.54) is 0 Å². The summed E-state index contributed by atoms with van der Waals surface area (Å²) in [6.45, 7) is 1.66. The van der Waals surface area contributed by atoms with Crippen LogP contribution in [0.5, 0.6) is 0 Å².